The van der Waals surface area contributed by atoms with Crippen molar-refractivity contribution in [1.82, 2.24) is 5.32 Å². The van der Waals surface area contributed by atoms with Gasteiger partial charge in [0.05, 0.1) is 13.5 Å². The summed E-state index contributed by atoms with van der Waals surface area (Å²) in [4.78, 5) is 13.3. The third-order valence-corrected chi connectivity index (χ3v) is 4.95. The molecule has 1 rings (SSSR count). The molecule has 1 N–H and O–H groups in total. The lowest BCUT2D eigenvalue weighted by molar-refractivity contribution is -0.139. The lowest BCUT2D eigenvalue weighted by atomic mass is 10.3. The van der Waals surface area contributed by atoms with Gasteiger partial charge < -0.3 is 10.1 Å². The van der Waals surface area contributed by atoms with Crippen LogP contribution in [0.4, 0.5) is 0 Å². The normalized spacial score (nSPS) is 14.2. The quantitative estimate of drug-likeness (QED) is 0.769. The molecule has 0 aliphatic rings. The molecular weight excluding hydrogens is 270 g/mol. The summed E-state index contributed by atoms with van der Waals surface area (Å²) < 4.78 is 15.8. The Morgan fingerprint density at radius 2 is 2.17 bits per heavy atom. The first-order valence-corrected chi connectivity index (χ1v) is 8.14. The van der Waals surface area contributed by atoms with E-state index in [1.807, 2.05) is 19.1 Å². The van der Waals surface area contributed by atoms with Crippen LogP contribution in [0.15, 0.2) is 12.1 Å². The van der Waals surface area contributed by atoms with E-state index in [0.717, 1.165) is 18.0 Å². The van der Waals surface area contributed by atoms with Crippen LogP contribution in [0.2, 0.25) is 0 Å². The van der Waals surface area contributed by atoms with Gasteiger partial charge in [0.25, 0.3) is 0 Å². The zero-order valence-corrected chi connectivity index (χ0v) is 12.5. The van der Waals surface area contributed by atoms with E-state index in [9.17, 15) is 9.00 Å². The van der Waals surface area contributed by atoms with Crippen molar-refractivity contribution in [1.29, 1.82) is 0 Å². The topological polar surface area (TPSA) is 55.4 Å². The van der Waals surface area contributed by atoms with Crippen molar-refractivity contribution in [2.24, 2.45) is 0 Å². The smallest absolute Gasteiger partial charge is 0.310 e. The van der Waals surface area contributed by atoms with Crippen LogP contribution in [0.1, 0.15) is 16.7 Å². The average molecular weight is 289 g/mol. The van der Waals surface area contributed by atoms with E-state index >= 15 is 0 Å². The molecule has 0 aliphatic carbocycles. The number of rotatable bonds is 7. The van der Waals surface area contributed by atoms with Crippen LogP contribution >= 0.6 is 11.3 Å². The molecule has 1 aromatic heterocycles. The molecule has 102 valence electrons. The van der Waals surface area contributed by atoms with Crippen LogP contribution in [-0.4, -0.2) is 35.3 Å². The molecule has 0 aliphatic heterocycles. The number of carbonyl (C=O) groups is 1. The molecule has 0 saturated heterocycles. The molecule has 0 bridgehead atoms. The summed E-state index contributed by atoms with van der Waals surface area (Å²) in [6.45, 7) is 3.43. The van der Waals surface area contributed by atoms with Crippen LogP contribution < -0.4 is 5.32 Å². The summed E-state index contributed by atoms with van der Waals surface area (Å²) in [6, 6.07) is 3.95. The number of ether oxygens (including phenoxy) is 1. The third kappa shape index (κ3) is 5.29. The maximum atomic E-state index is 11.2. The van der Waals surface area contributed by atoms with Crippen LogP contribution in [0.3, 0.4) is 0 Å². The molecule has 2 atom stereocenters. The minimum atomic E-state index is -0.792. The van der Waals surface area contributed by atoms with Crippen molar-refractivity contribution >= 4 is 28.1 Å². The number of hydrogen-bond donors (Lipinski definition) is 1. The zero-order valence-electron chi connectivity index (χ0n) is 10.9. The van der Waals surface area contributed by atoms with Gasteiger partial charge in [-0.15, -0.1) is 11.3 Å². The Morgan fingerprint density at radius 1 is 1.50 bits per heavy atom. The van der Waals surface area contributed by atoms with Crippen molar-refractivity contribution in [2.45, 2.75) is 25.1 Å². The number of thiophene rings is 1. The highest BCUT2D eigenvalue weighted by molar-refractivity contribution is 7.84. The fourth-order valence-electron chi connectivity index (χ4n) is 1.34. The number of esters is 1. The molecule has 18 heavy (non-hydrogen) atoms. The van der Waals surface area contributed by atoms with Gasteiger partial charge >= 0.3 is 5.97 Å². The van der Waals surface area contributed by atoms with E-state index in [4.69, 9.17) is 0 Å². The summed E-state index contributed by atoms with van der Waals surface area (Å²) in [5.41, 5.74) is 0. The number of nitrogens with one attached hydrogen (secondary N) is 1. The van der Waals surface area contributed by atoms with Gasteiger partial charge in [-0.2, -0.15) is 0 Å². The van der Waals surface area contributed by atoms with E-state index in [2.05, 4.69) is 10.1 Å². The van der Waals surface area contributed by atoms with Gasteiger partial charge in [0.2, 0.25) is 0 Å². The summed E-state index contributed by atoms with van der Waals surface area (Å²) in [5.74, 6) is -0.216. The molecule has 0 spiro atoms. The third-order valence-electron chi connectivity index (χ3n) is 2.56. The van der Waals surface area contributed by atoms with Crippen LogP contribution in [0, 0.1) is 0 Å². The standard InChI is InChI=1S/C12H19NO3S2/c1-9(18(3)15)7-13-8-11-5-4-10(17-11)6-12(14)16-2/h4-5,9,13H,6-8H2,1-3H3. The molecule has 1 aromatic rings. The Kier molecular flexibility index (Phi) is 6.52. The van der Waals surface area contributed by atoms with Crippen LogP contribution in [-0.2, 0) is 33.3 Å². The summed E-state index contributed by atoms with van der Waals surface area (Å²) in [7, 11) is 0.601. The summed E-state index contributed by atoms with van der Waals surface area (Å²) in [5, 5.41) is 3.42. The van der Waals surface area contributed by atoms with Crippen molar-refractivity contribution in [3.05, 3.63) is 21.9 Å². The minimum absolute atomic E-state index is 0.152. The second-order valence-corrected chi connectivity index (χ2v) is 7.12. The second-order valence-electron chi connectivity index (χ2n) is 4.06. The van der Waals surface area contributed by atoms with Gasteiger partial charge in [-0.1, -0.05) is 0 Å². The molecule has 0 saturated carbocycles. The first-order chi connectivity index (χ1) is 8.52. The van der Waals surface area contributed by atoms with Gasteiger partial charge in [-0.3, -0.25) is 9.00 Å². The largest absolute Gasteiger partial charge is 0.469 e. The highest BCUT2D eigenvalue weighted by atomic mass is 32.2. The van der Waals surface area contributed by atoms with E-state index in [-0.39, 0.29) is 11.2 Å². The molecule has 0 radical (unpaired) electrons. The molecular formula is C12H19NO3S2. The Balaban J connectivity index is 2.35. The van der Waals surface area contributed by atoms with Crippen molar-refractivity contribution in [3.8, 4) is 0 Å². The fraction of sp³-hybridized carbons (Fsp3) is 0.583. The lowest BCUT2D eigenvalue weighted by Crippen LogP contribution is -2.26. The van der Waals surface area contributed by atoms with Gasteiger partial charge in [-0.05, 0) is 19.1 Å². The lowest BCUT2D eigenvalue weighted by Gasteiger charge is -2.08. The van der Waals surface area contributed by atoms with E-state index in [1.54, 1.807) is 17.6 Å². The van der Waals surface area contributed by atoms with Gasteiger partial charge in [0.1, 0.15) is 0 Å². The maximum absolute atomic E-state index is 11.2. The van der Waals surface area contributed by atoms with Crippen LogP contribution in [0.25, 0.3) is 0 Å². The van der Waals surface area contributed by atoms with Crippen molar-refractivity contribution in [2.75, 3.05) is 19.9 Å². The minimum Gasteiger partial charge on any atom is -0.469 e. The predicted octanol–water partition coefficient (Wildman–Crippen LogP) is 1.32. The number of carbonyl (C=O) groups excluding carboxylic acids is 1. The second kappa shape index (κ2) is 7.66. The van der Waals surface area contributed by atoms with Crippen molar-refractivity contribution < 1.29 is 13.7 Å². The van der Waals surface area contributed by atoms with E-state index in [1.165, 1.54) is 12.0 Å². The Labute approximate surface area is 114 Å². The van der Waals surface area contributed by atoms with E-state index in [0.29, 0.717) is 6.42 Å². The van der Waals surface area contributed by atoms with Gasteiger partial charge in [-0.25, -0.2) is 0 Å². The first kappa shape index (κ1) is 15.3. The predicted molar refractivity (Wildman–Crippen MR) is 75.3 cm³/mol. The Morgan fingerprint density at radius 3 is 2.78 bits per heavy atom. The molecule has 0 aromatic carbocycles. The Bertz CT molecular complexity index is 417. The fourth-order valence-corrected chi connectivity index (χ4v) is 2.67. The highest BCUT2D eigenvalue weighted by Gasteiger charge is 2.08. The summed E-state index contributed by atoms with van der Waals surface area (Å²) in [6.07, 6.45) is 2.04. The number of methoxy groups -OCH3 is 1. The number of hydrogen-bond acceptors (Lipinski definition) is 5. The molecule has 2 unspecified atom stereocenters. The SMILES string of the molecule is COC(=O)Cc1ccc(CNCC(C)S(C)=O)s1. The average Bonchev–Trinajstić information content (AvgIpc) is 2.76. The Hall–Kier alpha value is -0.720. The molecule has 0 amide bonds. The first-order valence-electron chi connectivity index (χ1n) is 5.70. The monoisotopic (exact) mass is 289 g/mol. The maximum Gasteiger partial charge on any atom is 0.310 e. The molecule has 6 heteroatoms. The van der Waals surface area contributed by atoms with Gasteiger partial charge in [0, 0.05) is 45.1 Å². The van der Waals surface area contributed by atoms with Crippen LogP contribution in [0.5, 0.6) is 0 Å². The zero-order chi connectivity index (χ0) is 13.5. The summed E-state index contributed by atoms with van der Waals surface area (Å²) >= 11 is 1.60. The molecule has 4 nitrogen and oxygen atoms in total. The molecule has 1 heterocycles. The molecule has 0 fully saturated rings. The highest BCUT2D eigenvalue weighted by Crippen LogP contribution is 2.17. The van der Waals surface area contributed by atoms with E-state index < -0.39 is 10.8 Å². The van der Waals surface area contributed by atoms with Crippen molar-refractivity contribution in [3.63, 3.8) is 0 Å². The van der Waals surface area contributed by atoms with Gasteiger partial charge in [0.15, 0.2) is 0 Å².